The molecular formula is C21H25NO5S. The van der Waals surface area contributed by atoms with Crippen molar-refractivity contribution >= 4 is 21.7 Å². The van der Waals surface area contributed by atoms with Crippen molar-refractivity contribution < 1.29 is 22.7 Å². The van der Waals surface area contributed by atoms with Gasteiger partial charge in [0.05, 0.1) is 17.8 Å². The van der Waals surface area contributed by atoms with Gasteiger partial charge in [-0.15, -0.1) is 0 Å². The van der Waals surface area contributed by atoms with Crippen LogP contribution >= 0.6 is 0 Å². The van der Waals surface area contributed by atoms with Gasteiger partial charge in [-0.25, -0.2) is 13.2 Å². The number of benzene rings is 2. The molecule has 0 aliphatic rings. The molecule has 0 saturated carbocycles. The Balaban J connectivity index is 2.22. The Morgan fingerprint density at radius 2 is 1.68 bits per heavy atom. The summed E-state index contributed by atoms with van der Waals surface area (Å²) in [5.41, 5.74) is 0.220. The smallest absolute Gasteiger partial charge is 0.328 e. The molecule has 28 heavy (non-hydrogen) atoms. The standard InChI is InChI=1S/C21H25NO5S/c1-21(2,3)18(20(24)27-4)22-19(23)16-10-8-9-15(13-16)14-28(25,26)17-11-6-5-7-12-17/h5-13,18H,14H2,1-4H3,(H,22,23). The molecule has 0 aliphatic heterocycles. The second kappa shape index (κ2) is 8.56. The van der Waals surface area contributed by atoms with Crippen LogP contribution in [-0.2, 0) is 25.1 Å². The normalized spacial score (nSPS) is 12.9. The van der Waals surface area contributed by atoms with Gasteiger partial charge in [-0.05, 0) is 35.2 Å². The molecular weight excluding hydrogens is 378 g/mol. The van der Waals surface area contributed by atoms with Crippen molar-refractivity contribution in [1.82, 2.24) is 5.32 Å². The predicted molar refractivity (Wildman–Crippen MR) is 106 cm³/mol. The van der Waals surface area contributed by atoms with Crippen molar-refractivity contribution in [2.45, 2.75) is 37.5 Å². The molecule has 6 nitrogen and oxygen atoms in total. The molecule has 0 fully saturated rings. The molecule has 2 rings (SSSR count). The molecule has 1 N–H and O–H groups in total. The highest BCUT2D eigenvalue weighted by molar-refractivity contribution is 7.90. The fourth-order valence-electron chi connectivity index (χ4n) is 2.69. The summed E-state index contributed by atoms with van der Waals surface area (Å²) in [6.07, 6.45) is 0. The average Bonchev–Trinajstić information content (AvgIpc) is 2.65. The second-order valence-electron chi connectivity index (χ2n) is 7.57. The molecule has 2 aromatic rings. The molecule has 2 aromatic carbocycles. The van der Waals surface area contributed by atoms with E-state index in [-0.39, 0.29) is 16.2 Å². The van der Waals surface area contributed by atoms with Crippen molar-refractivity contribution in [2.24, 2.45) is 5.41 Å². The molecule has 0 spiro atoms. The van der Waals surface area contributed by atoms with E-state index in [1.54, 1.807) is 36.4 Å². The first-order valence-corrected chi connectivity index (χ1v) is 10.5. The van der Waals surface area contributed by atoms with E-state index in [0.717, 1.165) is 0 Å². The average molecular weight is 404 g/mol. The minimum absolute atomic E-state index is 0.224. The highest BCUT2D eigenvalue weighted by Gasteiger charge is 2.33. The molecule has 0 aromatic heterocycles. The maximum Gasteiger partial charge on any atom is 0.328 e. The summed E-state index contributed by atoms with van der Waals surface area (Å²) >= 11 is 0. The van der Waals surface area contributed by atoms with Gasteiger partial charge in [-0.3, -0.25) is 4.79 Å². The Kier molecular flexibility index (Phi) is 6.61. The lowest BCUT2D eigenvalue weighted by Crippen LogP contribution is -2.49. The van der Waals surface area contributed by atoms with Crippen molar-refractivity contribution in [2.75, 3.05) is 7.11 Å². The highest BCUT2D eigenvalue weighted by atomic mass is 32.2. The van der Waals surface area contributed by atoms with Crippen LogP contribution in [0.3, 0.4) is 0 Å². The highest BCUT2D eigenvalue weighted by Crippen LogP contribution is 2.21. The van der Waals surface area contributed by atoms with Crippen molar-refractivity contribution in [3.63, 3.8) is 0 Å². The summed E-state index contributed by atoms with van der Waals surface area (Å²) in [4.78, 5) is 24.9. The molecule has 0 radical (unpaired) electrons. The number of ether oxygens (including phenoxy) is 1. The van der Waals surface area contributed by atoms with Crippen LogP contribution < -0.4 is 5.32 Å². The monoisotopic (exact) mass is 403 g/mol. The van der Waals surface area contributed by atoms with E-state index in [0.29, 0.717) is 5.56 Å². The summed E-state index contributed by atoms with van der Waals surface area (Å²) in [6, 6.07) is 13.7. The summed E-state index contributed by atoms with van der Waals surface area (Å²) in [5, 5.41) is 2.68. The first-order chi connectivity index (χ1) is 13.0. The maximum atomic E-state index is 12.6. The Labute approximate surface area is 165 Å². The third kappa shape index (κ3) is 5.42. The molecule has 150 valence electrons. The number of rotatable bonds is 6. The van der Waals surface area contributed by atoms with Crippen molar-refractivity contribution in [1.29, 1.82) is 0 Å². The number of esters is 1. The van der Waals surface area contributed by atoms with Crippen LogP contribution in [0.5, 0.6) is 0 Å². The summed E-state index contributed by atoms with van der Waals surface area (Å²) < 4.78 is 29.9. The van der Waals surface area contributed by atoms with Gasteiger partial charge < -0.3 is 10.1 Å². The fraction of sp³-hybridized carbons (Fsp3) is 0.333. The summed E-state index contributed by atoms with van der Waals surface area (Å²) in [7, 11) is -2.26. The zero-order chi connectivity index (χ0) is 20.9. The molecule has 0 aliphatic carbocycles. The van der Waals surface area contributed by atoms with Crippen LogP contribution in [0.4, 0.5) is 0 Å². The van der Waals surface area contributed by atoms with Gasteiger partial charge in [-0.2, -0.15) is 0 Å². The lowest BCUT2D eigenvalue weighted by molar-refractivity contribution is -0.145. The van der Waals surface area contributed by atoms with Crippen LogP contribution in [0.25, 0.3) is 0 Å². The third-order valence-corrected chi connectivity index (χ3v) is 5.93. The van der Waals surface area contributed by atoms with Gasteiger partial charge in [0, 0.05) is 5.56 Å². The number of nitrogens with one attached hydrogen (secondary N) is 1. The fourth-order valence-corrected chi connectivity index (χ4v) is 4.05. The predicted octanol–water partition coefficient (Wildman–Crippen LogP) is 2.98. The lowest BCUT2D eigenvalue weighted by atomic mass is 9.86. The number of hydrogen-bond donors (Lipinski definition) is 1. The van der Waals surface area contributed by atoms with Gasteiger partial charge in [-0.1, -0.05) is 51.1 Å². The first kappa shape index (κ1) is 21.6. The SMILES string of the molecule is COC(=O)C(NC(=O)c1cccc(CS(=O)(=O)c2ccccc2)c1)C(C)(C)C. The molecule has 1 atom stereocenters. The summed E-state index contributed by atoms with van der Waals surface area (Å²) in [6.45, 7) is 5.45. The van der Waals surface area contributed by atoms with Gasteiger partial charge in [0.1, 0.15) is 6.04 Å². The number of carbonyl (C=O) groups is 2. The molecule has 1 unspecified atom stereocenters. The van der Waals surface area contributed by atoms with Gasteiger partial charge in [0.15, 0.2) is 9.84 Å². The number of carbonyl (C=O) groups excluding carboxylic acids is 2. The van der Waals surface area contributed by atoms with Crippen LogP contribution in [0, 0.1) is 5.41 Å². The first-order valence-electron chi connectivity index (χ1n) is 8.80. The van der Waals surface area contributed by atoms with E-state index in [2.05, 4.69) is 5.32 Å². The lowest BCUT2D eigenvalue weighted by Gasteiger charge is -2.29. The van der Waals surface area contributed by atoms with E-state index in [4.69, 9.17) is 4.74 Å². The topological polar surface area (TPSA) is 89.5 Å². The molecule has 0 heterocycles. The van der Waals surface area contributed by atoms with E-state index >= 15 is 0 Å². The maximum absolute atomic E-state index is 12.6. The van der Waals surface area contributed by atoms with Crippen LogP contribution in [0.2, 0.25) is 0 Å². The summed E-state index contributed by atoms with van der Waals surface area (Å²) in [5.74, 6) is -1.23. The van der Waals surface area contributed by atoms with Crippen LogP contribution in [0.1, 0.15) is 36.7 Å². The zero-order valence-corrected chi connectivity index (χ0v) is 17.2. The Hall–Kier alpha value is -2.67. The van der Waals surface area contributed by atoms with Crippen molar-refractivity contribution in [3.8, 4) is 0 Å². The van der Waals surface area contributed by atoms with E-state index in [1.165, 1.54) is 25.3 Å². The largest absolute Gasteiger partial charge is 0.467 e. The third-order valence-electron chi connectivity index (χ3n) is 4.23. The second-order valence-corrected chi connectivity index (χ2v) is 9.56. The van der Waals surface area contributed by atoms with Crippen molar-refractivity contribution in [3.05, 3.63) is 65.7 Å². The van der Waals surface area contributed by atoms with E-state index in [9.17, 15) is 18.0 Å². The van der Waals surface area contributed by atoms with Gasteiger partial charge in [0.25, 0.3) is 5.91 Å². The number of sulfone groups is 1. The number of amides is 1. The number of hydrogen-bond acceptors (Lipinski definition) is 5. The quantitative estimate of drug-likeness (QED) is 0.749. The Morgan fingerprint density at radius 1 is 1.04 bits per heavy atom. The minimum Gasteiger partial charge on any atom is -0.467 e. The van der Waals surface area contributed by atoms with Gasteiger partial charge in [0.2, 0.25) is 0 Å². The zero-order valence-electron chi connectivity index (χ0n) is 16.4. The molecule has 0 bridgehead atoms. The van der Waals surface area contributed by atoms with E-state index in [1.807, 2.05) is 20.8 Å². The van der Waals surface area contributed by atoms with Crippen LogP contribution in [0.15, 0.2) is 59.5 Å². The molecule has 7 heteroatoms. The van der Waals surface area contributed by atoms with Gasteiger partial charge >= 0.3 is 5.97 Å². The molecule has 1 amide bonds. The number of methoxy groups -OCH3 is 1. The Bertz CT molecular complexity index is 946. The van der Waals surface area contributed by atoms with Crippen LogP contribution in [-0.4, -0.2) is 33.4 Å². The Morgan fingerprint density at radius 3 is 2.25 bits per heavy atom. The minimum atomic E-state index is -3.53. The molecule has 0 saturated heterocycles. The van der Waals surface area contributed by atoms with E-state index < -0.39 is 33.2 Å².